The first-order chi connectivity index (χ1) is 8.88. The highest BCUT2D eigenvalue weighted by atomic mass is 16.4. The van der Waals surface area contributed by atoms with Crippen molar-refractivity contribution in [3.8, 4) is 0 Å². The van der Waals surface area contributed by atoms with E-state index in [1.165, 1.54) is 5.56 Å². The number of Topliss-reactive ketones (excluding diaryl/α,β-unsaturated/α-hetero) is 1. The van der Waals surface area contributed by atoms with Crippen LogP contribution in [-0.2, 0) is 11.2 Å². The number of carboxylic acids is 1. The van der Waals surface area contributed by atoms with Crippen molar-refractivity contribution in [2.24, 2.45) is 11.8 Å². The Morgan fingerprint density at radius 2 is 1.63 bits per heavy atom. The summed E-state index contributed by atoms with van der Waals surface area (Å²) in [7, 11) is 0. The van der Waals surface area contributed by atoms with Crippen molar-refractivity contribution in [3.05, 3.63) is 35.4 Å². The van der Waals surface area contributed by atoms with Gasteiger partial charge in [-0.25, -0.2) is 0 Å². The number of carboxylic acid groups (broad SMARTS) is 1. The highest BCUT2D eigenvalue weighted by Crippen LogP contribution is 2.15. The van der Waals surface area contributed by atoms with Crippen LogP contribution < -0.4 is 0 Å². The van der Waals surface area contributed by atoms with Gasteiger partial charge in [0.1, 0.15) is 0 Å². The summed E-state index contributed by atoms with van der Waals surface area (Å²) in [6.45, 7) is 6.11. The fourth-order valence-corrected chi connectivity index (χ4v) is 2.10. The second-order valence-electron chi connectivity index (χ2n) is 5.63. The Morgan fingerprint density at radius 3 is 2.11 bits per heavy atom. The molecule has 1 aromatic carbocycles. The van der Waals surface area contributed by atoms with E-state index in [-0.39, 0.29) is 24.5 Å². The topological polar surface area (TPSA) is 54.4 Å². The fourth-order valence-electron chi connectivity index (χ4n) is 2.10. The minimum atomic E-state index is -0.854. The van der Waals surface area contributed by atoms with Gasteiger partial charge in [-0.15, -0.1) is 0 Å². The summed E-state index contributed by atoms with van der Waals surface area (Å²) >= 11 is 0. The van der Waals surface area contributed by atoms with Gasteiger partial charge < -0.3 is 5.11 Å². The Labute approximate surface area is 114 Å². The lowest BCUT2D eigenvalue weighted by Gasteiger charge is -2.09. The van der Waals surface area contributed by atoms with Gasteiger partial charge in [-0.2, -0.15) is 0 Å². The first kappa shape index (κ1) is 15.4. The van der Waals surface area contributed by atoms with E-state index in [2.05, 4.69) is 13.8 Å². The van der Waals surface area contributed by atoms with E-state index in [1.807, 2.05) is 24.3 Å². The van der Waals surface area contributed by atoms with E-state index < -0.39 is 5.97 Å². The fraction of sp³-hybridized carbons (Fsp3) is 0.500. The minimum Gasteiger partial charge on any atom is -0.481 e. The maximum atomic E-state index is 12.0. The predicted molar refractivity (Wildman–Crippen MR) is 75.3 cm³/mol. The number of hydrogen-bond acceptors (Lipinski definition) is 2. The first-order valence-corrected chi connectivity index (χ1v) is 6.72. The van der Waals surface area contributed by atoms with Gasteiger partial charge in [0.2, 0.25) is 0 Å². The number of benzene rings is 1. The molecule has 0 aliphatic rings. The molecule has 1 unspecified atom stereocenters. The van der Waals surface area contributed by atoms with E-state index in [9.17, 15) is 9.59 Å². The molecule has 0 fully saturated rings. The molecule has 0 saturated heterocycles. The third-order valence-corrected chi connectivity index (χ3v) is 2.98. The van der Waals surface area contributed by atoms with E-state index in [0.717, 1.165) is 6.42 Å². The second-order valence-corrected chi connectivity index (χ2v) is 5.63. The van der Waals surface area contributed by atoms with Crippen molar-refractivity contribution in [1.29, 1.82) is 0 Å². The summed E-state index contributed by atoms with van der Waals surface area (Å²) in [5, 5.41) is 8.68. The molecule has 0 aromatic heterocycles. The smallest absolute Gasteiger partial charge is 0.303 e. The first-order valence-electron chi connectivity index (χ1n) is 6.72. The standard InChI is InChI=1S/C16H22O3/c1-11(2)8-13-4-6-14(7-5-13)15(17)9-12(3)10-16(18)19/h4-7,11-12H,8-10H2,1-3H3,(H,18,19). The van der Waals surface area contributed by atoms with E-state index >= 15 is 0 Å². The van der Waals surface area contributed by atoms with Crippen molar-refractivity contribution in [2.45, 2.75) is 40.0 Å². The van der Waals surface area contributed by atoms with Crippen LogP contribution in [0.4, 0.5) is 0 Å². The summed E-state index contributed by atoms with van der Waals surface area (Å²) < 4.78 is 0. The summed E-state index contributed by atoms with van der Waals surface area (Å²) in [5.74, 6) is -0.366. The Morgan fingerprint density at radius 1 is 1.05 bits per heavy atom. The molecule has 3 heteroatoms. The number of carbonyl (C=O) groups excluding carboxylic acids is 1. The Bertz CT molecular complexity index is 432. The van der Waals surface area contributed by atoms with E-state index in [4.69, 9.17) is 5.11 Å². The van der Waals surface area contributed by atoms with E-state index in [1.54, 1.807) is 6.92 Å². The van der Waals surface area contributed by atoms with Crippen molar-refractivity contribution in [1.82, 2.24) is 0 Å². The molecule has 0 bridgehead atoms. The van der Waals surface area contributed by atoms with Crippen molar-refractivity contribution >= 4 is 11.8 Å². The molecule has 0 aliphatic carbocycles. The van der Waals surface area contributed by atoms with Crippen LogP contribution in [0.5, 0.6) is 0 Å². The number of rotatable bonds is 7. The monoisotopic (exact) mass is 262 g/mol. The van der Waals surface area contributed by atoms with Gasteiger partial charge in [0.15, 0.2) is 5.78 Å². The average molecular weight is 262 g/mol. The van der Waals surface area contributed by atoms with Gasteiger partial charge in [-0.05, 0) is 23.8 Å². The van der Waals surface area contributed by atoms with E-state index in [0.29, 0.717) is 11.5 Å². The molecule has 1 atom stereocenters. The lowest BCUT2D eigenvalue weighted by Crippen LogP contribution is -2.10. The number of hydrogen-bond donors (Lipinski definition) is 1. The van der Waals surface area contributed by atoms with Crippen LogP contribution in [-0.4, -0.2) is 16.9 Å². The summed E-state index contributed by atoms with van der Waals surface area (Å²) in [4.78, 5) is 22.5. The highest BCUT2D eigenvalue weighted by Gasteiger charge is 2.14. The molecular formula is C16H22O3. The highest BCUT2D eigenvalue weighted by molar-refractivity contribution is 5.96. The van der Waals surface area contributed by atoms with Crippen LogP contribution in [0.2, 0.25) is 0 Å². The summed E-state index contributed by atoms with van der Waals surface area (Å²) in [5.41, 5.74) is 1.90. The number of ketones is 1. The SMILES string of the molecule is CC(C)Cc1ccc(C(=O)CC(C)CC(=O)O)cc1. The van der Waals surface area contributed by atoms with Gasteiger partial charge in [0, 0.05) is 18.4 Å². The maximum absolute atomic E-state index is 12.0. The lowest BCUT2D eigenvalue weighted by atomic mass is 9.95. The zero-order valence-corrected chi connectivity index (χ0v) is 11.8. The molecule has 1 N–H and O–H groups in total. The molecular weight excluding hydrogens is 240 g/mol. The van der Waals surface area contributed by atoms with Crippen LogP contribution in [0, 0.1) is 11.8 Å². The number of aliphatic carboxylic acids is 1. The quantitative estimate of drug-likeness (QED) is 0.764. The minimum absolute atomic E-state index is 0.0184. The van der Waals surface area contributed by atoms with Crippen molar-refractivity contribution in [3.63, 3.8) is 0 Å². The van der Waals surface area contributed by atoms with Crippen molar-refractivity contribution in [2.75, 3.05) is 0 Å². The zero-order chi connectivity index (χ0) is 14.4. The molecule has 0 saturated carbocycles. The molecule has 0 heterocycles. The van der Waals surface area contributed by atoms with Crippen LogP contribution in [0.3, 0.4) is 0 Å². The maximum Gasteiger partial charge on any atom is 0.303 e. The van der Waals surface area contributed by atoms with Gasteiger partial charge in [-0.3, -0.25) is 9.59 Å². The molecule has 19 heavy (non-hydrogen) atoms. The molecule has 1 aromatic rings. The molecule has 0 amide bonds. The zero-order valence-electron chi connectivity index (χ0n) is 11.8. The Hall–Kier alpha value is -1.64. The second kappa shape index (κ2) is 7.07. The van der Waals surface area contributed by atoms with Gasteiger partial charge in [0.05, 0.1) is 0 Å². The molecule has 0 radical (unpaired) electrons. The summed E-state index contributed by atoms with van der Waals surface area (Å²) in [6, 6.07) is 7.64. The van der Waals surface area contributed by atoms with Crippen LogP contribution in [0.15, 0.2) is 24.3 Å². The third-order valence-electron chi connectivity index (χ3n) is 2.98. The number of carbonyl (C=O) groups is 2. The van der Waals surface area contributed by atoms with Gasteiger partial charge in [-0.1, -0.05) is 45.0 Å². The summed E-state index contributed by atoms with van der Waals surface area (Å²) in [6.07, 6.45) is 1.33. The van der Waals surface area contributed by atoms with Crippen LogP contribution >= 0.6 is 0 Å². The van der Waals surface area contributed by atoms with Crippen LogP contribution in [0.25, 0.3) is 0 Å². The Kier molecular flexibility index (Phi) is 5.74. The Balaban J connectivity index is 2.60. The largest absolute Gasteiger partial charge is 0.481 e. The molecule has 3 nitrogen and oxygen atoms in total. The molecule has 104 valence electrons. The van der Waals surface area contributed by atoms with Crippen LogP contribution in [0.1, 0.15) is 49.5 Å². The molecule has 1 rings (SSSR count). The van der Waals surface area contributed by atoms with Crippen molar-refractivity contribution < 1.29 is 14.7 Å². The third kappa shape index (κ3) is 5.69. The molecule has 0 aliphatic heterocycles. The lowest BCUT2D eigenvalue weighted by molar-refractivity contribution is -0.137. The van der Waals surface area contributed by atoms with Gasteiger partial charge >= 0.3 is 5.97 Å². The van der Waals surface area contributed by atoms with Gasteiger partial charge in [0.25, 0.3) is 0 Å². The normalized spacial score (nSPS) is 12.4. The average Bonchev–Trinajstić information content (AvgIpc) is 2.27. The predicted octanol–water partition coefficient (Wildman–Crippen LogP) is 3.57. The molecule has 0 spiro atoms.